The Bertz CT molecular complexity index is 1220. The zero-order chi connectivity index (χ0) is 24.8. The molecule has 2 aromatic carbocycles. The number of aromatic nitrogens is 2. The molecule has 0 atom stereocenters. The van der Waals surface area contributed by atoms with E-state index in [9.17, 15) is 13.2 Å². The standard InChI is InChI=1S/C24H24F3N5O3/c1-33-21-12-17-20(13-22(21)35-8-2-5-32-6-9-34-10-7-32)29-15-30-23(17)31-19-4-3-16(14-28)11-18(19)24(25,26)27/h3-4,11-13,15H,2,5-10H2,1H3,(H,29,30,31). The minimum Gasteiger partial charge on any atom is -0.493 e. The molecule has 1 aliphatic rings. The molecule has 1 saturated heterocycles. The molecule has 35 heavy (non-hydrogen) atoms. The molecule has 3 aromatic rings. The van der Waals surface area contributed by atoms with E-state index in [-0.39, 0.29) is 17.1 Å². The fourth-order valence-corrected chi connectivity index (χ4v) is 3.82. The van der Waals surface area contributed by atoms with E-state index in [4.69, 9.17) is 19.5 Å². The number of hydrogen-bond acceptors (Lipinski definition) is 8. The van der Waals surface area contributed by atoms with Gasteiger partial charge >= 0.3 is 6.18 Å². The number of alkyl halides is 3. The molecule has 1 aromatic heterocycles. The predicted octanol–water partition coefficient (Wildman–Crippen LogP) is 4.37. The molecule has 1 N–H and O–H groups in total. The molecule has 0 amide bonds. The minimum absolute atomic E-state index is 0.0903. The van der Waals surface area contributed by atoms with Gasteiger partial charge in [-0.1, -0.05) is 0 Å². The second-order valence-corrected chi connectivity index (χ2v) is 7.89. The first-order chi connectivity index (χ1) is 16.9. The van der Waals surface area contributed by atoms with E-state index in [0.717, 1.165) is 45.3 Å². The Hall–Kier alpha value is -3.62. The first-order valence-electron chi connectivity index (χ1n) is 11.0. The van der Waals surface area contributed by atoms with Crippen molar-refractivity contribution in [3.8, 4) is 17.6 Å². The molecule has 11 heteroatoms. The van der Waals surface area contributed by atoms with Gasteiger partial charge < -0.3 is 19.5 Å². The van der Waals surface area contributed by atoms with Crippen LogP contribution in [0.3, 0.4) is 0 Å². The fraction of sp³-hybridized carbons (Fsp3) is 0.375. The van der Waals surface area contributed by atoms with Gasteiger partial charge in [-0.2, -0.15) is 18.4 Å². The summed E-state index contributed by atoms with van der Waals surface area (Å²) in [6.07, 6.45) is -2.58. The largest absolute Gasteiger partial charge is 0.493 e. The van der Waals surface area contributed by atoms with E-state index in [2.05, 4.69) is 20.2 Å². The number of hydrogen-bond donors (Lipinski definition) is 1. The van der Waals surface area contributed by atoms with E-state index in [1.165, 1.54) is 25.6 Å². The van der Waals surface area contributed by atoms with Crippen LogP contribution >= 0.6 is 0 Å². The van der Waals surface area contributed by atoms with E-state index in [1.807, 2.05) is 0 Å². The SMILES string of the molecule is COc1cc2c(Nc3ccc(C#N)cc3C(F)(F)F)ncnc2cc1OCCCN1CCOCC1. The lowest BCUT2D eigenvalue weighted by atomic mass is 10.1. The molecule has 184 valence electrons. The second kappa shape index (κ2) is 10.8. The summed E-state index contributed by atoms with van der Waals surface area (Å²) in [4.78, 5) is 10.7. The van der Waals surface area contributed by atoms with Crippen molar-refractivity contribution in [2.45, 2.75) is 12.6 Å². The van der Waals surface area contributed by atoms with Gasteiger partial charge in [-0.25, -0.2) is 9.97 Å². The first-order valence-corrected chi connectivity index (χ1v) is 11.0. The van der Waals surface area contributed by atoms with Crippen LogP contribution in [-0.2, 0) is 10.9 Å². The Balaban J connectivity index is 1.55. The molecule has 8 nitrogen and oxygen atoms in total. The van der Waals surface area contributed by atoms with Crippen molar-refractivity contribution in [2.75, 3.05) is 51.9 Å². The Labute approximate surface area is 200 Å². The van der Waals surface area contributed by atoms with Crippen LogP contribution < -0.4 is 14.8 Å². The van der Waals surface area contributed by atoms with Crippen LogP contribution in [0.5, 0.6) is 11.5 Å². The Kier molecular flexibility index (Phi) is 7.53. The summed E-state index contributed by atoms with van der Waals surface area (Å²) in [5, 5.41) is 12.2. The first kappa shape index (κ1) is 24.5. The van der Waals surface area contributed by atoms with Crippen molar-refractivity contribution in [1.82, 2.24) is 14.9 Å². The molecule has 0 aliphatic carbocycles. The predicted molar refractivity (Wildman–Crippen MR) is 123 cm³/mol. The zero-order valence-electron chi connectivity index (χ0n) is 19.1. The molecule has 1 fully saturated rings. The van der Waals surface area contributed by atoms with Crippen LogP contribution in [0, 0.1) is 11.3 Å². The van der Waals surface area contributed by atoms with Crippen LogP contribution in [0.4, 0.5) is 24.7 Å². The van der Waals surface area contributed by atoms with Gasteiger partial charge in [-0.15, -0.1) is 0 Å². The highest BCUT2D eigenvalue weighted by Crippen LogP contribution is 2.39. The highest BCUT2D eigenvalue weighted by atomic mass is 19.4. The average Bonchev–Trinajstić information content (AvgIpc) is 2.86. The van der Waals surface area contributed by atoms with Gasteiger partial charge in [-0.3, -0.25) is 4.90 Å². The van der Waals surface area contributed by atoms with Gasteiger partial charge in [0.05, 0.1) is 55.3 Å². The van der Waals surface area contributed by atoms with E-state index >= 15 is 0 Å². The van der Waals surface area contributed by atoms with Crippen molar-refractivity contribution < 1.29 is 27.4 Å². The summed E-state index contributed by atoms with van der Waals surface area (Å²) >= 11 is 0. The van der Waals surface area contributed by atoms with Crippen molar-refractivity contribution in [3.05, 3.63) is 47.8 Å². The number of benzene rings is 2. The number of morpholine rings is 1. The fourth-order valence-electron chi connectivity index (χ4n) is 3.82. The molecule has 0 bridgehead atoms. The summed E-state index contributed by atoms with van der Waals surface area (Å²) in [6, 6.07) is 8.36. The van der Waals surface area contributed by atoms with Crippen LogP contribution in [0.15, 0.2) is 36.7 Å². The third-order valence-electron chi connectivity index (χ3n) is 5.61. The third kappa shape index (κ3) is 5.90. The van der Waals surface area contributed by atoms with Crippen LogP contribution in [0.25, 0.3) is 10.9 Å². The molecule has 0 saturated carbocycles. The van der Waals surface area contributed by atoms with Crippen molar-refractivity contribution in [3.63, 3.8) is 0 Å². The molecular weight excluding hydrogens is 463 g/mol. The Morgan fingerprint density at radius 2 is 1.94 bits per heavy atom. The molecule has 0 radical (unpaired) electrons. The summed E-state index contributed by atoms with van der Waals surface area (Å²) in [5.41, 5.74) is -0.796. The van der Waals surface area contributed by atoms with E-state index < -0.39 is 11.7 Å². The van der Waals surface area contributed by atoms with Crippen molar-refractivity contribution in [2.24, 2.45) is 0 Å². The Morgan fingerprint density at radius 1 is 1.14 bits per heavy atom. The molecule has 1 aliphatic heterocycles. The second-order valence-electron chi connectivity index (χ2n) is 7.89. The average molecular weight is 487 g/mol. The number of nitriles is 1. The van der Waals surface area contributed by atoms with Crippen molar-refractivity contribution >= 4 is 22.4 Å². The van der Waals surface area contributed by atoms with E-state index in [1.54, 1.807) is 18.2 Å². The molecular formula is C24H24F3N5O3. The zero-order valence-corrected chi connectivity index (χ0v) is 19.1. The number of halogens is 3. The van der Waals surface area contributed by atoms with Gasteiger partial charge in [0.1, 0.15) is 12.1 Å². The lowest BCUT2D eigenvalue weighted by molar-refractivity contribution is -0.136. The minimum atomic E-state index is -4.65. The van der Waals surface area contributed by atoms with E-state index in [0.29, 0.717) is 29.0 Å². The highest BCUT2D eigenvalue weighted by molar-refractivity contribution is 5.93. The van der Waals surface area contributed by atoms with Gasteiger partial charge in [0.25, 0.3) is 0 Å². The molecule has 2 heterocycles. The quantitative estimate of drug-likeness (QED) is 0.468. The number of anilines is 2. The summed E-state index contributed by atoms with van der Waals surface area (Å²) in [7, 11) is 1.49. The van der Waals surface area contributed by atoms with Gasteiger partial charge in [0, 0.05) is 31.1 Å². The third-order valence-corrected chi connectivity index (χ3v) is 5.61. The maximum atomic E-state index is 13.6. The van der Waals surface area contributed by atoms with Gasteiger partial charge in [0.2, 0.25) is 0 Å². The summed E-state index contributed by atoms with van der Waals surface area (Å²) < 4.78 is 57.5. The normalized spacial score (nSPS) is 14.5. The number of rotatable bonds is 8. The molecule has 4 rings (SSSR count). The number of nitrogens with one attached hydrogen (secondary N) is 1. The van der Waals surface area contributed by atoms with Crippen LogP contribution in [-0.4, -0.2) is 61.4 Å². The number of fused-ring (bicyclic) bond motifs is 1. The maximum absolute atomic E-state index is 13.6. The summed E-state index contributed by atoms with van der Waals surface area (Å²) in [5.74, 6) is 1.07. The number of nitrogens with zero attached hydrogens (tertiary/aromatic N) is 4. The monoisotopic (exact) mass is 487 g/mol. The molecule has 0 spiro atoms. The smallest absolute Gasteiger partial charge is 0.418 e. The van der Waals surface area contributed by atoms with Crippen molar-refractivity contribution in [1.29, 1.82) is 5.26 Å². The summed E-state index contributed by atoms with van der Waals surface area (Å²) in [6.45, 7) is 4.64. The lowest BCUT2D eigenvalue weighted by Gasteiger charge is -2.26. The maximum Gasteiger partial charge on any atom is 0.418 e. The number of methoxy groups -OCH3 is 1. The van der Waals surface area contributed by atoms with Gasteiger partial charge in [0.15, 0.2) is 11.5 Å². The van der Waals surface area contributed by atoms with Gasteiger partial charge in [-0.05, 0) is 30.7 Å². The Morgan fingerprint density at radius 3 is 2.66 bits per heavy atom. The lowest BCUT2D eigenvalue weighted by Crippen LogP contribution is -2.37. The van der Waals surface area contributed by atoms with Crippen LogP contribution in [0.2, 0.25) is 0 Å². The highest BCUT2D eigenvalue weighted by Gasteiger charge is 2.34. The van der Waals surface area contributed by atoms with Crippen LogP contribution in [0.1, 0.15) is 17.5 Å². The number of ether oxygens (including phenoxy) is 3. The molecule has 0 unspecified atom stereocenters. The topological polar surface area (TPSA) is 92.5 Å².